The highest BCUT2D eigenvalue weighted by atomic mass is 31.2. The van der Waals surface area contributed by atoms with Crippen molar-refractivity contribution in [3.8, 4) is 11.8 Å². The fourth-order valence-corrected chi connectivity index (χ4v) is 5.10. The molecule has 1 aliphatic heterocycles. The van der Waals surface area contributed by atoms with E-state index in [4.69, 9.17) is 13.6 Å². The van der Waals surface area contributed by atoms with Crippen LogP contribution in [-0.2, 0) is 13.6 Å². The van der Waals surface area contributed by atoms with Crippen LogP contribution >= 0.6 is 8.60 Å². The van der Waals surface area contributed by atoms with Crippen LogP contribution in [-0.4, -0.2) is 51.5 Å². The van der Waals surface area contributed by atoms with Gasteiger partial charge in [0.1, 0.15) is 13.2 Å². The summed E-state index contributed by atoms with van der Waals surface area (Å²) >= 11 is 0. The Bertz CT molecular complexity index is 471. The highest BCUT2D eigenvalue weighted by molar-refractivity contribution is 7.41. The Morgan fingerprint density at radius 3 is 1.81 bits per heavy atom. The van der Waals surface area contributed by atoms with Gasteiger partial charge < -0.3 is 18.1 Å². The van der Waals surface area contributed by atoms with Crippen molar-refractivity contribution in [1.82, 2.24) is 0 Å². The Morgan fingerprint density at radius 2 is 1.22 bits per heavy atom. The van der Waals surface area contributed by atoms with Crippen molar-refractivity contribution in [2.45, 2.75) is 116 Å². The van der Waals surface area contributed by atoms with Crippen molar-refractivity contribution in [1.29, 1.82) is 0 Å². The molecule has 0 aromatic carbocycles. The van der Waals surface area contributed by atoms with Gasteiger partial charge in [-0.2, -0.15) is 0 Å². The SMILES string of the molecule is CCCCCCCCC#CCCCCCCCCOP(OC)OCC[N+]1(C)CCCCC1. The predicted octanol–water partition coefficient (Wildman–Crippen LogP) is 8.01. The van der Waals surface area contributed by atoms with E-state index in [0.717, 1.165) is 43.5 Å². The van der Waals surface area contributed by atoms with E-state index in [9.17, 15) is 0 Å². The van der Waals surface area contributed by atoms with Gasteiger partial charge in [-0.25, -0.2) is 0 Å². The Morgan fingerprint density at radius 1 is 0.688 bits per heavy atom. The zero-order valence-corrected chi connectivity index (χ0v) is 22.6. The molecule has 0 aromatic heterocycles. The molecule has 1 fully saturated rings. The lowest BCUT2D eigenvalue weighted by Crippen LogP contribution is -2.49. The monoisotopic (exact) mass is 470 g/mol. The van der Waals surface area contributed by atoms with Crippen molar-refractivity contribution in [2.24, 2.45) is 0 Å². The summed E-state index contributed by atoms with van der Waals surface area (Å²) in [6, 6.07) is 0. The van der Waals surface area contributed by atoms with Gasteiger partial charge in [0.05, 0.1) is 26.7 Å². The molecular formula is C27H53NO3P+. The van der Waals surface area contributed by atoms with E-state index in [1.54, 1.807) is 7.11 Å². The maximum atomic E-state index is 5.88. The molecule has 0 radical (unpaired) electrons. The minimum Gasteiger partial charge on any atom is -0.324 e. The standard InChI is InChI=1S/C27H53NO3P/c1-4-5-6-7-8-9-10-11-12-13-14-15-16-17-18-22-26-30-32(29-3)31-27-25-28(2)23-20-19-21-24-28/h4-10,13-27H2,1-3H3/q+1. The van der Waals surface area contributed by atoms with Crippen LogP contribution < -0.4 is 0 Å². The molecule has 0 saturated carbocycles. The molecule has 1 aliphatic rings. The number of unbranched alkanes of at least 4 members (excludes halogenated alkanes) is 12. The third kappa shape index (κ3) is 17.3. The lowest BCUT2D eigenvalue weighted by Gasteiger charge is -2.37. The molecule has 5 heteroatoms. The van der Waals surface area contributed by atoms with Crippen LogP contribution in [0.3, 0.4) is 0 Å². The Labute approximate surface area is 201 Å². The summed E-state index contributed by atoms with van der Waals surface area (Å²) in [6.45, 7) is 7.37. The molecule has 0 bridgehead atoms. The topological polar surface area (TPSA) is 27.7 Å². The molecule has 1 atom stereocenters. The molecule has 1 heterocycles. The zero-order valence-electron chi connectivity index (χ0n) is 21.7. The van der Waals surface area contributed by atoms with Crippen LogP contribution in [0.15, 0.2) is 0 Å². The van der Waals surface area contributed by atoms with Crippen LogP contribution in [0.25, 0.3) is 0 Å². The Hall–Kier alpha value is -0.170. The molecule has 0 aliphatic carbocycles. The summed E-state index contributed by atoms with van der Waals surface area (Å²) in [7, 11) is 2.87. The summed E-state index contributed by atoms with van der Waals surface area (Å²) < 4.78 is 18.2. The second kappa shape index (κ2) is 21.4. The number of likely N-dealkylation sites (tertiary alicyclic amines) is 1. The van der Waals surface area contributed by atoms with Gasteiger partial charge in [0.25, 0.3) is 0 Å². The van der Waals surface area contributed by atoms with Gasteiger partial charge in [0.2, 0.25) is 0 Å². The van der Waals surface area contributed by atoms with Crippen LogP contribution in [0, 0.1) is 11.8 Å². The molecule has 1 rings (SSSR count). The van der Waals surface area contributed by atoms with Crippen LogP contribution in [0.5, 0.6) is 0 Å². The average Bonchev–Trinajstić information content (AvgIpc) is 2.80. The lowest BCUT2D eigenvalue weighted by molar-refractivity contribution is -0.914. The summed E-state index contributed by atoms with van der Waals surface area (Å²) in [4.78, 5) is 0. The predicted molar refractivity (Wildman–Crippen MR) is 139 cm³/mol. The van der Waals surface area contributed by atoms with E-state index in [1.807, 2.05) is 0 Å². The minimum absolute atomic E-state index is 0.734. The van der Waals surface area contributed by atoms with Crippen LogP contribution in [0.2, 0.25) is 0 Å². The van der Waals surface area contributed by atoms with E-state index >= 15 is 0 Å². The van der Waals surface area contributed by atoms with Crippen molar-refractivity contribution in [3.05, 3.63) is 0 Å². The van der Waals surface area contributed by atoms with Crippen LogP contribution in [0.1, 0.15) is 116 Å². The van der Waals surface area contributed by atoms with Gasteiger partial charge in [-0.3, -0.25) is 0 Å². The zero-order chi connectivity index (χ0) is 23.2. The maximum Gasteiger partial charge on any atom is 0.332 e. The molecule has 32 heavy (non-hydrogen) atoms. The number of quaternary nitrogens is 1. The molecule has 0 amide bonds. The van der Waals surface area contributed by atoms with E-state index < -0.39 is 8.60 Å². The second-order valence-electron chi connectivity index (χ2n) is 9.67. The lowest BCUT2D eigenvalue weighted by atomic mass is 10.1. The summed E-state index contributed by atoms with van der Waals surface area (Å²) in [6.07, 6.45) is 21.9. The maximum absolute atomic E-state index is 5.88. The molecule has 4 nitrogen and oxygen atoms in total. The third-order valence-electron chi connectivity index (χ3n) is 6.55. The first kappa shape index (κ1) is 29.9. The molecule has 1 unspecified atom stereocenters. The smallest absolute Gasteiger partial charge is 0.324 e. The van der Waals surface area contributed by atoms with Gasteiger partial charge >= 0.3 is 8.60 Å². The van der Waals surface area contributed by atoms with Gasteiger partial charge in [0, 0.05) is 20.0 Å². The fourth-order valence-electron chi connectivity index (χ4n) is 4.31. The van der Waals surface area contributed by atoms with Crippen molar-refractivity contribution in [3.63, 3.8) is 0 Å². The average molecular weight is 471 g/mol. The summed E-state index contributed by atoms with van der Waals surface area (Å²) in [5.41, 5.74) is 0. The number of nitrogens with zero attached hydrogens (tertiary/aromatic N) is 1. The largest absolute Gasteiger partial charge is 0.332 e. The quantitative estimate of drug-likeness (QED) is 0.0780. The van der Waals surface area contributed by atoms with E-state index in [0.29, 0.717) is 0 Å². The second-order valence-corrected chi connectivity index (χ2v) is 11.0. The Balaban J connectivity index is 1.85. The Kier molecular flexibility index (Phi) is 19.9. The molecule has 0 spiro atoms. The van der Waals surface area contributed by atoms with Gasteiger partial charge in [-0.1, -0.05) is 64.7 Å². The van der Waals surface area contributed by atoms with E-state index in [2.05, 4.69) is 25.8 Å². The van der Waals surface area contributed by atoms with Gasteiger partial charge in [-0.15, -0.1) is 11.8 Å². The first-order chi connectivity index (χ1) is 15.7. The van der Waals surface area contributed by atoms with Crippen LogP contribution in [0.4, 0.5) is 0 Å². The highest BCUT2D eigenvalue weighted by Gasteiger charge is 2.25. The van der Waals surface area contributed by atoms with Crippen molar-refractivity contribution < 1.29 is 18.1 Å². The molecule has 188 valence electrons. The molecule has 0 aromatic rings. The molecule has 0 N–H and O–H groups in total. The van der Waals surface area contributed by atoms with Gasteiger partial charge in [-0.05, 0) is 38.5 Å². The molecular weight excluding hydrogens is 417 g/mol. The van der Waals surface area contributed by atoms with Crippen molar-refractivity contribution >= 4 is 8.60 Å². The molecule has 1 saturated heterocycles. The number of piperidine rings is 1. The number of likely N-dealkylation sites (N-methyl/N-ethyl adjacent to an activating group) is 1. The van der Waals surface area contributed by atoms with E-state index in [1.165, 1.54) is 103 Å². The summed E-state index contributed by atoms with van der Waals surface area (Å²) in [5, 5.41) is 0. The highest BCUT2D eigenvalue weighted by Crippen LogP contribution is 2.38. The summed E-state index contributed by atoms with van der Waals surface area (Å²) in [5.74, 6) is 6.72. The van der Waals surface area contributed by atoms with Gasteiger partial charge in [0.15, 0.2) is 0 Å². The first-order valence-corrected chi connectivity index (χ1v) is 14.7. The van der Waals surface area contributed by atoms with E-state index in [-0.39, 0.29) is 0 Å². The number of hydrogen-bond acceptors (Lipinski definition) is 3. The third-order valence-corrected chi connectivity index (χ3v) is 7.63. The fraction of sp³-hybridized carbons (Fsp3) is 0.926. The number of rotatable bonds is 20. The van der Waals surface area contributed by atoms with Crippen molar-refractivity contribution in [2.75, 3.05) is 47.0 Å². The number of hydrogen-bond donors (Lipinski definition) is 0. The minimum atomic E-state index is -1.18. The first-order valence-electron chi connectivity index (χ1n) is 13.6. The normalized spacial score (nSPS) is 16.5.